The maximum atomic E-state index is 12.4. The number of ether oxygens (including phenoxy) is 1. The molecule has 0 heterocycles. The van der Waals surface area contributed by atoms with Crippen molar-refractivity contribution >= 4 is 11.9 Å². The van der Waals surface area contributed by atoms with Gasteiger partial charge in [0.15, 0.2) is 0 Å². The Morgan fingerprint density at radius 1 is 1.00 bits per heavy atom. The molecule has 26 heavy (non-hydrogen) atoms. The predicted octanol–water partition coefficient (Wildman–Crippen LogP) is 3.91. The zero-order valence-corrected chi connectivity index (χ0v) is 15.1. The van der Waals surface area contributed by atoms with E-state index in [1.54, 1.807) is 24.3 Å². The molecule has 2 rings (SSSR count). The van der Waals surface area contributed by atoms with Crippen LogP contribution in [0.25, 0.3) is 0 Å². The first-order chi connectivity index (χ1) is 12.5. The van der Waals surface area contributed by atoms with E-state index in [1.807, 2.05) is 44.2 Å². The van der Waals surface area contributed by atoms with Crippen molar-refractivity contribution in [2.45, 2.75) is 38.6 Å². The number of nitrogens with one attached hydrogen (secondary N) is 1. The van der Waals surface area contributed by atoms with Crippen molar-refractivity contribution in [3.05, 3.63) is 65.7 Å². The zero-order valence-electron chi connectivity index (χ0n) is 15.1. The van der Waals surface area contributed by atoms with Crippen LogP contribution in [0.4, 0.5) is 0 Å². The van der Waals surface area contributed by atoms with E-state index in [4.69, 9.17) is 4.74 Å². The van der Waals surface area contributed by atoms with Crippen LogP contribution in [0.3, 0.4) is 0 Å². The molecule has 2 aromatic carbocycles. The summed E-state index contributed by atoms with van der Waals surface area (Å²) >= 11 is 0. The molecule has 5 heteroatoms. The van der Waals surface area contributed by atoms with E-state index in [-0.39, 0.29) is 18.2 Å². The summed E-state index contributed by atoms with van der Waals surface area (Å²) in [7, 11) is 0. The SMILES string of the molecule is CCOc1ccc([C@@H](CC(=O)O)NC(=O)C[C@H](C)c2ccccc2)cc1. The van der Waals surface area contributed by atoms with Crippen LogP contribution >= 0.6 is 0 Å². The number of carbonyl (C=O) groups is 2. The first kappa shape index (κ1) is 19.5. The number of aliphatic carboxylic acids is 1. The van der Waals surface area contributed by atoms with Gasteiger partial charge in [0.2, 0.25) is 5.91 Å². The maximum Gasteiger partial charge on any atom is 0.305 e. The Balaban J connectivity index is 2.04. The van der Waals surface area contributed by atoms with Crippen molar-refractivity contribution in [1.82, 2.24) is 5.32 Å². The smallest absolute Gasteiger partial charge is 0.305 e. The van der Waals surface area contributed by atoms with Crippen molar-refractivity contribution in [2.75, 3.05) is 6.61 Å². The summed E-state index contributed by atoms with van der Waals surface area (Å²) in [6, 6.07) is 16.4. The van der Waals surface area contributed by atoms with Gasteiger partial charge in [-0.05, 0) is 36.1 Å². The Bertz CT molecular complexity index is 713. The first-order valence-corrected chi connectivity index (χ1v) is 8.78. The van der Waals surface area contributed by atoms with Crippen LogP contribution in [0, 0.1) is 0 Å². The van der Waals surface area contributed by atoms with Crippen LogP contribution in [0.1, 0.15) is 49.8 Å². The van der Waals surface area contributed by atoms with Gasteiger partial charge in [-0.15, -0.1) is 0 Å². The summed E-state index contributed by atoms with van der Waals surface area (Å²) in [5.74, 6) is -0.349. The van der Waals surface area contributed by atoms with E-state index in [0.29, 0.717) is 18.8 Å². The minimum atomic E-state index is -0.958. The Kier molecular flexibility index (Phi) is 7.21. The zero-order chi connectivity index (χ0) is 18.9. The fraction of sp³-hybridized carbons (Fsp3) is 0.333. The van der Waals surface area contributed by atoms with E-state index >= 15 is 0 Å². The lowest BCUT2D eigenvalue weighted by molar-refractivity contribution is -0.137. The van der Waals surface area contributed by atoms with Gasteiger partial charge in [0, 0.05) is 6.42 Å². The van der Waals surface area contributed by atoms with Crippen LogP contribution < -0.4 is 10.1 Å². The van der Waals surface area contributed by atoms with Gasteiger partial charge in [-0.1, -0.05) is 49.4 Å². The van der Waals surface area contributed by atoms with Gasteiger partial charge >= 0.3 is 5.97 Å². The standard InChI is InChI=1S/C21H25NO4/c1-3-26-18-11-9-17(10-12-18)19(14-21(24)25)22-20(23)13-15(2)16-7-5-4-6-8-16/h4-12,15,19H,3,13-14H2,1-2H3,(H,22,23)(H,24,25)/t15-,19+/m0/s1. The average molecular weight is 355 g/mol. The number of rotatable bonds is 9. The van der Waals surface area contributed by atoms with E-state index in [1.165, 1.54) is 0 Å². The normalized spacial score (nSPS) is 12.8. The highest BCUT2D eigenvalue weighted by Gasteiger charge is 2.20. The molecule has 0 saturated carbocycles. The topological polar surface area (TPSA) is 75.6 Å². The largest absolute Gasteiger partial charge is 0.494 e. The maximum absolute atomic E-state index is 12.4. The second-order valence-electron chi connectivity index (χ2n) is 6.24. The number of carboxylic acids is 1. The van der Waals surface area contributed by atoms with Crippen molar-refractivity contribution in [3.63, 3.8) is 0 Å². The van der Waals surface area contributed by atoms with Gasteiger partial charge in [0.1, 0.15) is 5.75 Å². The quantitative estimate of drug-likeness (QED) is 0.715. The van der Waals surface area contributed by atoms with E-state index in [0.717, 1.165) is 11.1 Å². The molecule has 0 fully saturated rings. The summed E-state index contributed by atoms with van der Waals surface area (Å²) in [5.41, 5.74) is 1.83. The molecule has 0 aliphatic carbocycles. The minimum Gasteiger partial charge on any atom is -0.494 e. The lowest BCUT2D eigenvalue weighted by Crippen LogP contribution is -2.30. The molecule has 1 amide bonds. The highest BCUT2D eigenvalue weighted by Crippen LogP contribution is 2.23. The van der Waals surface area contributed by atoms with Crippen molar-refractivity contribution < 1.29 is 19.4 Å². The highest BCUT2D eigenvalue weighted by atomic mass is 16.5. The molecule has 0 spiro atoms. The summed E-state index contributed by atoms with van der Waals surface area (Å²) in [6.45, 7) is 4.44. The number of hydrogen-bond donors (Lipinski definition) is 2. The van der Waals surface area contributed by atoms with Crippen LogP contribution in [0.5, 0.6) is 5.75 Å². The third kappa shape index (κ3) is 5.92. The number of carbonyl (C=O) groups excluding carboxylic acids is 1. The lowest BCUT2D eigenvalue weighted by Gasteiger charge is -2.19. The van der Waals surface area contributed by atoms with Crippen molar-refractivity contribution in [1.29, 1.82) is 0 Å². The predicted molar refractivity (Wildman–Crippen MR) is 100 cm³/mol. The molecule has 2 atom stereocenters. The second kappa shape index (κ2) is 9.61. The molecule has 138 valence electrons. The Labute approximate surface area is 154 Å². The summed E-state index contributed by atoms with van der Waals surface area (Å²) in [4.78, 5) is 23.6. The minimum absolute atomic E-state index is 0.0574. The van der Waals surface area contributed by atoms with Gasteiger partial charge in [-0.25, -0.2) is 0 Å². The van der Waals surface area contributed by atoms with Gasteiger partial charge in [0.25, 0.3) is 0 Å². The summed E-state index contributed by atoms with van der Waals surface area (Å²) in [6.07, 6.45) is 0.136. The molecule has 2 N–H and O–H groups in total. The Morgan fingerprint density at radius 2 is 1.65 bits per heavy atom. The van der Waals surface area contributed by atoms with Crippen LogP contribution in [0.2, 0.25) is 0 Å². The number of benzene rings is 2. The third-order valence-corrected chi connectivity index (χ3v) is 4.17. The molecular weight excluding hydrogens is 330 g/mol. The van der Waals surface area contributed by atoms with Crippen molar-refractivity contribution in [3.8, 4) is 5.75 Å². The monoisotopic (exact) mass is 355 g/mol. The molecule has 0 aliphatic heterocycles. The third-order valence-electron chi connectivity index (χ3n) is 4.17. The second-order valence-corrected chi connectivity index (χ2v) is 6.24. The molecule has 0 radical (unpaired) electrons. The van der Waals surface area contributed by atoms with Crippen LogP contribution in [0.15, 0.2) is 54.6 Å². The summed E-state index contributed by atoms with van der Waals surface area (Å²) < 4.78 is 5.40. The molecule has 5 nitrogen and oxygen atoms in total. The van der Waals surface area contributed by atoms with Crippen molar-refractivity contribution in [2.24, 2.45) is 0 Å². The van der Waals surface area contributed by atoms with Gasteiger partial charge in [0.05, 0.1) is 19.1 Å². The Hall–Kier alpha value is -2.82. The molecule has 2 aromatic rings. The molecule has 0 bridgehead atoms. The average Bonchev–Trinajstić information content (AvgIpc) is 2.62. The lowest BCUT2D eigenvalue weighted by atomic mass is 9.97. The van der Waals surface area contributed by atoms with E-state index in [2.05, 4.69) is 5.32 Å². The first-order valence-electron chi connectivity index (χ1n) is 8.78. The van der Waals surface area contributed by atoms with Gasteiger partial charge in [-0.2, -0.15) is 0 Å². The number of amides is 1. The Morgan fingerprint density at radius 3 is 2.23 bits per heavy atom. The van der Waals surface area contributed by atoms with Gasteiger partial charge < -0.3 is 15.2 Å². The number of carboxylic acid groups (broad SMARTS) is 1. The van der Waals surface area contributed by atoms with E-state index < -0.39 is 12.0 Å². The molecule has 0 aromatic heterocycles. The van der Waals surface area contributed by atoms with Crippen LogP contribution in [-0.2, 0) is 9.59 Å². The summed E-state index contributed by atoms with van der Waals surface area (Å²) in [5, 5.41) is 12.0. The molecule has 0 aliphatic rings. The van der Waals surface area contributed by atoms with Gasteiger partial charge in [-0.3, -0.25) is 9.59 Å². The highest BCUT2D eigenvalue weighted by molar-refractivity contribution is 5.78. The number of hydrogen-bond acceptors (Lipinski definition) is 3. The fourth-order valence-corrected chi connectivity index (χ4v) is 2.82. The molecular formula is C21H25NO4. The fourth-order valence-electron chi connectivity index (χ4n) is 2.82. The van der Waals surface area contributed by atoms with E-state index in [9.17, 15) is 14.7 Å². The molecule has 0 unspecified atom stereocenters. The molecule has 0 saturated heterocycles. The van der Waals surface area contributed by atoms with Crippen LogP contribution in [-0.4, -0.2) is 23.6 Å².